The first-order chi connectivity index (χ1) is 9.88. The van der Waals surface area contributed by atoms with Crippen LogP contribution in [-0.2, 0) is 0 Å². The topological polar surface area (TPSA) is 82.9 Å². The molecule has 2 aromatic rings. The zero-order valence-electron chi connectivity index (χ0n) is 11.2. The van der Waals surface area contributed by atoms with Gasteiger partial charge in [-0.3, -0.25) is 10.1 Å². The van der Waals surface area contributed by atoms with E-state index in [-0.39, 0.29) is 0 Å². The predicted molar refractivity (Wildman–Crippen MR) is 78.4 cm³/mol. The maximum absolute atomic E-state index is 5.79. The predicted octanol–water partition coefficient (Wildman–Crippen LogP) is 0.634. The number of hydrogen-bond acceptors (Lipinski definition) is 5. The summed E-state index contributed by atoms with van der Waals surface area (Å²) in [5.74, 6) is 0. The summed E-state index contributed by atoms with van der Waals surface area (Å²) in [6.07, 6.45) is 7.14. The van der Waals surface area contributed by atoms with Crippen LogP contribution in [0.2, 0.25) is 0 Å². The van der Waals surface area contributed by atoms with Crippen LogP contribution in [0.15, 0.2) is 36.9 Å². The average molecular weight is 270 g/mol. The highest BCUT2D eigenvalue weighted by molar-refractivity contribution is 5.65. The highest BCUT2D eigenvalue weighted by atomic mass is 15.2. The van der Waals surface area contributed by atoms with Gasteiger partial charge in [0.1, 0.15) is 0 Å². The summed E-state index contributed by atoms with van der Waals surface area (Å²) in [7, 11) is 0. The van der Waals surface area contributed by atoms with Gasteiger partial charge in [-0.25, -0.2) is 0 Å². The molecular formula is C14H18N6. The van der Waals surface area contributed by atoms with Crippen molar-refractivity contribution in [2.45, 2.75) is 0 Å². The van der Waals surface area contributed by atoms with Gasteiger partial charge in [0.25, 0.3) is 0 Å². The monoisotopic (exact) mass is 270 g/mol. The fourth-order valence-corrected chi connectivity index (χ4v) is 2.38. The highest BCUT2D eigenvalue weighted by Gasteiger charge is 2.15. The molecule has 0 saturated carbocycles. The number of nitrogens with zero attached hydrogens (tertiary/aromatic N) is 3. The molecular weight excluding hydrogens is 252 g/mol. The van der Waals surface area contributed by atoms with Gasteiger partial charge in [-0.2, -0.15) is 5.10 Å². The number of aromatic nitrogens is 3. The van der Waals surface area contributed by atoms with E-state index in [1.165, 1.54) is 0 Å². The molecule has 1 fully saturated rings. The van der Waals surface area contributed by atoms with Gasteiger partial charge in [0.15, 0.2) is 0 Å². The fourth-order valence-electron chi connectivity index (χ4n) is 2.38. The van der Waals surface area contributed by atoms with Gasteiger partial charge in [0.05, 0.1) is 17.6 Å². The second-order valence-corrected chi connectivity index (χ2v) is 4.71. The van der Waals surface area contributed by atoms with Crippen molar-refractivity contribution in [1.29, 1.82) is 0 Å². The van der Waals surface area contributed by atoms with Crippen molar-refractivity contribution in [3.05, 3.63) is 42.6 Å². The molecule has 0 atom stereocenters. The Hall–Kier alpha value is -2.34. The van der Waals surface area contributed by atoms with E-state index >= 15 is 0 Å². The number of nitrogens with one attached hydrogen (secondary N) is 2. The van der Waals surface area contributed by atoms with E-state index in [0.717, 1.165) is 48.7 Å². The van der Waals surface area contributed by atoms with Gasteiger partial charge < -0.3 is 16.0 Å². The van der Waals surface area contributed by atoms with Crippen molar-refractivity contribution >= 4 is 5.70 Å². The third-order valence-corrected chi connectivity index (χ3v) is 3.47. The third kappa shape index (κ3) is 2.50. The van der Waals surface area contributed by atoms with E-state index < -0.39 is 0 Å². The average Bonchev–Trinajstić information content (AvgIpc) is 3.04. The molecule has 1 aliphatic rings. The van der Waals surface area contributed by atoms with Crippen LogP contribution in [0.25, 0.3) is 16.8 Å². The highest BCUT2D eigenvalue weighted by Crippen LogP contribution is 2.21. The van der Waals surface area contributed by atoms with Crippen LogP contribution in [-0.4, -0.2) is 46.3 Å². The zero-order chi connectivity index (χ0) is 13.8. The number of pyridine rings is 1. The van der Waals surface area contributed by atoms with Crippen LogP contribution in [0.4, 0.5) is 0 Å². The van der Waals surface area contributed by atoms with Crippen molar-refractivity contribution in [2.75, 3.05) is 26.2 Å². The van der Waals surface area contributed by atoms with Crippen LogP contribution >= 0.6 is 0 Å². The van der Waals surface area contributed by atoms with Crippen LogP contribution in [0.3, 0.4) is 0 Å². The Morgan fingerprint density at radius 2 is 2.05 bits per heavy atom. The van der Waals surface area contributed by atoms with E-state index in [1.807, 2.05) is 24.5 Å². The van der Waals surface area contributed by atoms with Crippen LogP contribution in [0, 0.1) is 0 Å². The quantitative estimate of drug-likeness (QED) is 0.762. The third-order valence-electron chi connectivity index (χ3n) is 3.47. The molecule has 1 aliphatic heterocycles. The molecule has 4 N–H and O–H groups in total. The summed E-state index contributed by atoms with van der Waals surface area (Å²) < 4.78 is 0. The molecule has 0 unspecified atom stereocenters. The Labute approximate surface area is 117 Å². The smallest absolute Gasteiger partial charge is 0.0878 e. The molecule has 0 aromatic carbocycles. The molecule has 20 heavy (non-hydrogen) atoms. The molecule has 2 aromatic heterocycles. The number of aromatic amines is 1. The zero-order valence-corrected chi connectivity index (χ0v) is 11.2. The summed E-state index contributed by atoms with van der Waals surface area (Å²) >= 11 is 0. The number of hydrogen-bond donors (Lipinski definition) is 3. The van der Waals surface area contributed by atoms with Crippen LogP contribution in [0.1, 0.15) is 5.69 Å². The molecule has 6 heteroatoms. The molecule has 3 rings (SSSR count). The Morgan fingerprint density at radius 1 is 1.20 bits per heavy atom. The maximum Gasteiger partial charge on any atom is 0.0878 e. The van der Waals surface area contributed by atoms with Gasteiger partial charge in [0, 0.05) is 55.9 Å². The van der Waals surface area contributed by atoms with E-state index in [1.54, 1.807) is 12.4 Å². The van der Waals surface area contributed by atoms with E-state index in [0.29, 0.717) is 0 Å². The van der Waals surface area contributed by atoms with Crippen LogP contribution < -0.4 is 11.1 Å². The first-order valence-electron chi connectivity index (χ1n) is 6.71. The second-order valence-electron chi connectivity index (χ2n) is 4.71. The summed E-state index contributed by atoms with van der Waals surface area (Å²) in [6.45, 7) is 3.86. The molecule has 0 radical (unpaired) electrons. The SMILES string of the molecule is N/C=C(\c1ccc(-c2cn[nH]c2)cn1)N1CCNCC1. The van der Waals surface area contributed by atoms with Gasteiger partial charge in [-0.1, -0.05) is 6.07 Å². The van der Waals surface area contributed by atoms with Crippen molar-refractivity contribution < 1.29 is 0 Å². The molecule has 6 nitrogen and oxygen atoms in total. The molecule has 1 saturated heterocycles. The molecule has 0 aliphatic carbocycles. The number of nitrogens with two attached hydrogens (primary N) is 1. The Balaban J connectivity index is 1.82. The van der Waals surface area contributed by atoms with Crippen LogP contribution in [0.5, 0.6) is 0 Å². The van der Waals surface area contributed by atoms with E-state index in [9.17, 15) is 0 Å². The molecule has 0 spiro atoms. The molecule has 104 valence electrons. The minimum Gasteiger partial charge on any atom is -0.403 e. The van der Waals surface area contributed by atoms with Gasteiger partial charge >= 0.3 is 0 Å². The lowest BCUT2D eigenvalue weighted by atomic mass is 10.1. The van der Waals surface area contributed by atoms with Crippen molar-refractivity contribution in [3.63, 3.8) is 0 Å². The van der Waals surface area contributed by atoms with E-state index in [4.69, 9.17) is 5.73 Å². The number of rotatable bonds is 3. The standard InChI is InChI=1S/C14H18N6/c15-7-14(20-5-3-16-4-6-20)13-2-1-11(8-17-13)12-9-18-19-10-12/h1-2,7-10,16H,3-6,15H2,(H,18,19)/b14-7+. The number of piperazine rings is 1. The summed E-state index contributed by atoms with van der Waals surface area (Å²) in [5.41, 5.74) is 9.76. The van der Waals surface area contributed by atoms with Crippen molar-refractivity contribution in [3.8, 4) is 11.1 Å². The lowest BCUT2D eigenvalue weighted by Crippen LogP contribution is -2.42. The summed E-state index contributed by atoms with van der Waals surface area (Å²) in [5, 5.41) is 10.1. The minimum absolute atomic E-state index is 0.904. The number of H-pyrrole nitrogens is 1. The lowest BCUT2D eigenvalue weighted by Gasteiger charge is -2.30. The van der Waals surface area contributed by atoms with E-state index in [2.05, 4.69) is 25.4 Å². The Kier molecular flexibility index (Phi) is 3.64. The summed E-state index contributed by atoms with van der Waals surface area (Å²) in [4.78, 5) is 6.79. The molecule has 0 bridgehead atoms. The Morgan fingerprint density at radius 3 is 2.65 bits per heavy atom. The normalized spacial score (nSPS) is 16.4. The molecule has 0 amide bonds. The van der Waals surface area contributed by atoms with Gasteiger partial charge in [-0.05, 0) is 6.07 Å². The Bertz CT molecular complexity index is 566. The van der Waals surface area contributed by atoms with Gasteiger partial charge in [-0.15, -0.1) is 0 Å². The van der Waals surface area contributed by atoms with Crippen molar-refractivity contribution in [1.82, 2.24) is 25.4 Å². The van der Waals surface area contributed by atoms with Gasteiger partial charge in [0.2, 0.25) is 0 Å². The van der Waals surface area contributed by atoms with Crippen molar-refractivity contribution in [2.24, 2.45) is 5.73 Å². The molecule has 3 heterocycles. The maximum atomic E-state index is 5.79. The lowest BCUT2D eigenvalue weighted by molar-refractivity contribution is 0.339. The largest absolute Gasteiger partial charge is 0.403 e. The first-order valence-corrected chi connectivity index (χ1v) is 6.71. The first kappa shape index (κ1) is 12.7. The summed E-state index contributed by atoms with van der Waals surface area (Å²) in [6, 6.07) is 4.04. The fraction of sp³-hybridized carbons (Fsp3) is 0.286. The second kappa shape index (κ2) is 5.75. The minimum atomic E-state index is 0.904.